The summed E-state index contributed by atoms with van der Waals surface area (Å²) in [7, 11) is 1.63. The number of ether oxygens (including phenoxy) is 5. The molecule has 0 amide bonds. The Kier molecular flexibility index (Phi) is 12.7. The van der Waals surface area contributed by atoms with Crippen molar-refractivity contribution in [1.29, 1.82) is 0 Å². The minimum atomic E-state index is -0.663. The molecule has 1 atom stereocenters. The first-order valence-electron chi connectivity index (χ1n) is 8.42. The van der Waals surface area contributed by atoms with Gasteiger partial charge in [-0.1, -0.05) is 30.3 Å². The standard InChI is InChI=1S/C18H29NO6/c1-21-7-8-22-9-10-23-11-12-24-13-14-25-18(20)17(19)15-16-5-3-2-4-6-16/h2-6,17H,7-15,19H2,1H3/t17-/m0/s1. The molecule has 0 aromatic heterocycles. The second-order valence-electron chi connectivity index (χ2n) is 5.29. The van der Waals surface area contributed by atoms with Gasteiger partial charge >= 0.3 is 5.97 Å². The van der Waals surface area contributed by atoms with Gasteiger partial charge in [-0.05, 0) is 12.0 Å². The maximum absolute atomic E-state index is 11.8. The molecule has 7 heteroatoms. The van der Waals surface area contributed by atoms with E-state index in [1.165, 1.54) is 0 Å². The Morgan fingerprint density at radius 2 is 1.40 bits per heavy atom. The molecule has 0 saturated carbocycles. The average molecular weight is 355 g/mol. The van der Waals surface area contributed by atoms with Crippen LogP contribution in [0.2, 0.25) is 0 Å². The molecule has 0 unspecified atom stereocenters. The van der Waals surface area contributed by atoms with Gasteiger partial charge in [-0.25, -0.2) is 0 Å². The molecule has 0 fully saturated rings. The molecule has 0 bridgehead atoms. The quantitative estimate of drug-likeness (QED) is 0.368. The predicted octanol–water partition coefficient (Wildman–Crippen LogP) is 0.796. The van der Waals surface area contributed by atoms with Gasteiger partial charge in [-0.3, -0.25) is 4.79 Å². The van der Waals surface area contributed by atoms with Gasteiger partial charge in [0.05, 0.1) is 46.2 Å². The molecule has 0 aliphatic rings. The van der Waals surface area contributed by atoms with Gasteiger partial charge < -0.3 is 29.4 Å². The van der Waals surface area contributed by atoms with Crippen molar-refractivity contribution in [2.24, 2.45) is 5.73 Å². The van der Waals surface area contributed by atoms with Crippen LogP contribution in [0.15, 0.2) is 30.3 Å². The fraction of sp³-hybridized carbons (Fsp3) is 0.611. The summed E-state index contributed by atoms with van der Waals surface area (Å²) in [5.74, 6) is -0.420. The summed E-state index contributed by atoms with van der Waals surface area (Å²) in [5.41, 5.74) is 6.84. The van der Waals surface area contributed by atoms with Crippen LogP contribution in [-0.2, 0) is 34.9 Å². The average Bonchev–Trinajstić information content (AvgIpc) is 2.63. The highest BCUT2D eigenvalue weighted by molar-refractivity contribution is 5.75. The summed E-state index contributed by atoms with van der Waals surface area (Å²) in [5, 5.41) is 0. The smallest absolute Gasteiger partial charge is 0.323 e. The Labute approximate surface area is 149 Å². The lowest BCUT2D eigenvalue weighted by Gasteiger charge is -2.12. The van der Waals surface area contributed by atoms with Gasteiger partial charge in [0.2, 0.25) is 0 Å². The SMILES string of the molecule is COCCOCCOCCOCCOC(=O)[C@@H](N)Cc1ccccc1. The number of esters is 1. The van der Waals surface area contributed by atoms with E-state index in [2.05, 4.69) is 0 Å². The molecule has 0 radical (unpaired) electrons. The summed E-state index contributed by atoms with van der Waals surface area (Å²) < 4.78 is 25.9. The van der Waals surface area contributed by atoms with Crippen LogP contribution in [0.25, 0.3) is 0 Å². The number of benzene rings is 1. The summed E-state index contributed by atoms with van der Waals surface area (Å²) in [6.07, 6.45) is 0.459. The third-order valence-electron chi connectivity index (χ3n) is 3.25. The lowest BCUT2D eigenvalue weighted by molar-refractivity contribution is -0.146. The van der Waals surface area contributed by atoms with E-state index in [4.69, 9.17) is 29.4 Å². The lowest BCUT2D eigenvalue weighted by Crippen LogP contribution is -2.35. The van der Waals surface area contributed by atoms with E-state index in [1.807, 2.05) is 30.3 Å². The van der Waals surface area contributed by atoms with E-state index in [1.54, 1.807) is 7.11 Å². The Bertz CT molecular complexity index is 442. The van der Waals surface area contributed by atoms with E-state index < -0.39 is 12.0 Å². The number of carbonyl (C=O) groups is 1. The number of rotatable bonds is 15. The Morgan fingerprint density at radius 1 is 0.880 bits per heavy atom. The van der Waals surface area contributed by atoms with Gasteiger partial charge in [0.15, 0.2) is 0 Å². The molecule has 0 aliphatic carbocycles. The maximum atomic E-state index is 11.8. The van der Waals surface area contributed by atoms with Gasteiger partial charge in [0, 0.05) is 7.11 Å². The van der Waals surface area contributed by atoms with Crippen LogP contribution in [0.1, 0.15) is 5.56 Å². The molecule has 142 valence electrons. The number of carbonyl (C=O) groups excluding carboxylic acids is 1. The first-order valence-corrected chi connectivity index (χ1v) is 8.42. The highest BCUT2D eigenvalue weighted by atomic mass is 16.6. The molecule has 2 N–H and O–H groups in total. The van der Waals surface area contributed by atoms with Crippen molar-refractivity contribution in [3.8, 4) is 0 Å². The number of nitrogens with two attached hydrogens (primary N) is 1. The van der Waals surface area contributed by atoms with Crippen molar-refractivity contribution in [3.63, 3.8) is 0 Å². The fourth-order valence-corrected chi connectivity index (χ4v) is 1.94. The third-order valence-corrected chi connectivity index (χ3v) is 3.25. The molecule has 0 spiro atoms. The van der Waals surface area contributed by atoms with Crippen LogP contribution in [0, 0.1) is 0 Å². The molecule has 1 aromatic carbocycles. The van der Waals surface area contributed by atoms with Crippen molar-refractivity contribution in [2.45, 2.75) is 12.5 Å². The largest absolute Gasteiger partial charge is 0.462 e. The zero-order valence-corrected chi connectivity index (χ0v) is 14.9. The minimum absolute atomic E-state index is 0.182. The second-order valence-corrected chi connectivity index (χ2v) is 5.29. The van der Waals surface area contributed by atoms with Crippen LogP contribution >= 0.6 is 0 Å². The van der Waals surface area contributed by atoms with Crippen molar-refractivity contribution in [1.82, 2.24) is 0 Å². The Balaban J connectivity index is 1.91. The maximum Gasteiger partial charge on any atom is 0.323 e. The van der Waals surface area contributed by atoms with Crippen LogP contribution in [0.4, 0.5) is 0 Å². The van der Waals surface area contributed by atoms with Gasteiger partial charge in [-0.15, -0.1) is 0 Å². The molecule has 1 aromatic rings. The molecule has 0 heterocycles. The first-order chi connectivity index (χ1) is 12.2. The second kappa shape index (κ2) is 14.8. The summed E-state index contributed by atoms with van der Waals surface area (Å²) in [6, 6.07) is 8.94. The summed E-state index contributed by atoms with van der Waals surface area (Å²) >= 11 is 0. The van der Waals surface area contributed by atoms with Crippen molar-refractivity contribution >= 4 is 5.97 Å². The van der Waals surface area contributed by atoms with Gasteiger partial charge in [0.1, 0.15) is 12.6 Å². The number of hydrogen-bond acceptors (Lipinski definition) is 7. The van der Waals surface area contributed by atoms with E-state index in [-0.39, 0.29) is 6.61 Å². The number of methoxy groups -OCH3 is 1. The van der Waals surface area contributed by atoms with Crippen molar-refractivity contribution in [3.05, 3.63) is 35.9 Å². The van der Waals surface area contributed by atoms with Gasteiger partial charge in [-0.2, -0.15) is 0 Å². The molecule has 0 aliphatic heterocycles. The first kappa shape index (κ1) is 21.5. The minimum Gasteiger partial charge on any atom is -0.462 e. The normalized spacial score (nSPS) is 12.1. The van der Waals surface area contributed by atoms with E-state index in [0.29, 0.717) is 52.7 Å². The molecule has 7 nitrogen and oxygen atoms in total. The molecule has 25 heavy (non-hydrogen) atoms. The van der Waals surface area contributed by atoms with Crippen molar-refractivity contribution < 1.29 is 28.5 Å². The highest BCUT2D eigenvalue weighted by Crippen LogP contribution is 2.02. The molecule has 0 saturated heterocycles. The van der Waals surface area contributed by atoms with Crippen molar-refractivity contribution in [2.75, 3.05) is 60.0 Å². The monoisotopic (exact) mass is 355 g/mol. The van der Waals surface area contributed by atoms with Gasteiger partial charge in [0.25, 0.3) is 0 Å². The summed E-state index contributed by atoms with van der Waals surface area (Å²) in [4.78, 5) is 11.8. The fourth-order valence-electron chi connectivity index (χ4n) is 1.94. The van der Waals surface area contributed by atoms with Crippen LogP contribution < -0.4 is 5.73 Å². The highest BCUT2D eigenvalue weighted by Gasteiger charge is 2.15. The Morgan fingerprint density at radius 3 is 1.96 bits per heavy atom. The molecular weight excluding hydrogens is 326 g/mol. The molecule has 1 rings (SSSR count). The van der Waals surface area contributed by atoms with Crippen LogP contribution in [0.3, 0.4) is 0 Å². The van der Waals surface area contributed by atoms with E-state index >= 15 is 0 Å². The topological polar surface area (TPSA) is 89.2 Å². The van der Waals surface area contributed by atoms with Crippen LogP contribution in [0.5, 0.6) is 0 Å². The Hall–Kier alpha value is -1.51. The molecular formula is C18H29NO6. The predicted molar refractivity (Wildman–Crippen MR) is 93.4 cm³/mol. The lowest BCUT2D eigenvalue weighted by atomic mass is 10.1. The van der Waals surface area contributed by atoms with Crippen LogP contribution in [-0.4, -0.2) is 72.0 Å². The van der Waals surface area contributed by atoms with E-state index in [9.17, 15) is 4.79 Å². The number of hydrogen-bond donors (Lipinski definition) is 1. The third kappa shape index (κ3) is 11.6. The summed E-state index contributed by atoms with van der Waals surface area (Å²) in [6.45, 7) is 3.58. The zero-order valence-electron chi connectivity index (χ0n) is 14.9. The zero-order chi connectivity index (χ0) is 18.2. The van der Waals surface area contributed by atoms with E-state index in [0.717, 1.165) is 5.56 Å².